The molecule has 2 N–H and O–H groups in total. The molecule has 1 amide bonds. The lowest BCUT2D eigenvalue weighted by Gasteiger charge is -2.19. The Morgan fingerprint density at radius 2 is 2.06 bits per heavy atom. The number of nitrogens with one attached hydrogen (secondary N) is 2. The number of nitrogens with zero attached hydrogens (tertiary/aromatic N) is 5. The van der Waals surface area contributed by atoms with Gasteiger partial charge in [0.15, 0.2) is 23.0 Å². The first-order valence-electron chi connectivity index (χ1n) is 10.5. The first-order chi connectivity index (χ1) is 16.0. The van der Waals surface area contributed by atoms with Crippen LogP contribution in [0.25, 0.3) is 17.0 Å². The van der Waals surface area contributed by atoms with Crippen molar-refractivity contribution in [2.24, 2.45) is 0 Å². The van der Waals surface area contributed by atoms with Gasteiger partial charge in [-0.3, -0.25) is 4.79 Å². The van der Waals surface area contributed by atoms with Gasteiger partial charge in [0, 0.05) is 5.56 Å². The molecule has 0 aliphatic carbocycles. The number of carbonyl (C=O) groups is 1. The van der Waals surface area contributed by atoms with E-state index in [1.165, 1.54) is 6.33 Å². The number of H-pyrrole nitrogens is 1. The summed E-state index contributed by atoms with van der Waals surface area (Å²) < 4.78 is 13.1. The number of anilines is 1. The molecule has 1 aliphatic heterocycles. The molecule has 0 fully saturated rings. The van der Waals surface area contributed by atoms with Gasteiger partial charge in [0.25, 0.3) is 0 Å². The molecule has 0 bridgehead atoms. The van der Waals surface area contributed by atoms with E-state index in [-0.39, 0.29) is 17.3 Å². The topological polar surface area (TPSA) is 120 Å². The lowest BCUT2D eigenvalue weighted by molar-refractivity contribution is -0.113. The molecule has 1 aromatic carbocycles. The van der Waals surface area contributed by atoms with Crippen molar-refractivity contribution in [3.8, 4) is 17.3 Å². The van der Waals surface area contributed by atoms with Crippen molar-refractivity contribution in [3.63, 3.8) is 0 Å². The van der Waals surface area contributed by atoms with Crippen LogP contribution in [0.3, 0.4) is 0 Å². The number of methoxy groups -OCH3 is 1. The molecule has 10 nitrogen and oxygen atoms in total. The number of aromatic amines is 1. The second kappa shape index (κ2) is 8.39. The number of carbonyl (C=O) groups excluding carboxylic acids is 1. The van der Waals surface area contributed by atoms with E-state index in [4.69, 9.17) is 14.6 Å². The molecule has 33 heavy (non-hydrogen) atoms. The highest BCUT2D eigenvalue weighted by Gasteiger charge is 2.32. The number of aryl methyl sites for hydroxylation is 1. The fourth-order valence-corrected chi connectivity index (χ4v) is 5.09. The maximum atomic E-state index is 12.7. The van der Waals surface area contributed by atoms with Crippen molar-refractivity contribution in [3.05, 3.63) is 47.7 Å². The average Bonchev–Trinajstić information content (AvgIpc) is 3.34. The Labute approximate surface area is 194 Å². The number of ether oxygens (including phenoxy) is 2. The molecule has 3 aromatic heterocycles. The molecule has 0 saturated heterocycles. The van der Waals surface area contributed by atoms with Crippen LogP contribution in [0.2, 0.25) is 0 Å². The van der Waals surface area contributed by atoms with Gasteiger partial charge in [-0.1, -0.05) is 6.07 Å². The van der Waals surface area contributed by atoms with Gasteiger partial charge in [0.1, 0.15) is 17.7 Å². The van der Waals surface area contributed by atoms with Gasteiger partial charge >= 0.3 is 0 Å². The third kappa shape index (κ3) is 3.78. The number of rotatable bonds is 5. The number of thioether (sulfide) groups is 1. The smallest absolute Gasteiger partial charge is 0.235 e. The summed E-state index contributed by atoms with van der Waals surface area (Å²) in [5, 5.41) is 7.62. The zero-order valence-corrected chi connectivity index (χ0v) is 19.4. The zero-order chi connectivity index (χ0) is 23.1. The SMILES string of the molecule is COc1cc([C@@H]2SCC(=O)Nc3c2c(C)nn3-c2ncnc3nc[nH]c23)ccc1OC(C)C. The van der Waals surface area contributed by atoms with E-state index in [0.29, 0.717) is 40.1 Å². The molecule has 0 saturated carbocycles. The molecule has 4 heterocycles. The Hall–Kier alpha value is -3.60. The van der Waals surface area contributed by atoms with Crippen LogP contribution in [0.4, 0.5) is 5.82 Å². The van der Waals surface area contributed by atoms with Crippen LogP contribution in [0.5, 0.6) is 11.5 Å². The molecule has 4 aromatic rings. The van der Waals surface area contributed by atoms with Crippen LogP contribution in [0.15, 0.2) is 30.9 Å². The van der Waals surface area contributed by atoms with Crippen molar-refractivity contribution in [2.75, 3.05) is 18.2 Å². The number of benzene rings is 1. The van der Waals surface area contributed by atoms with E-state index < -0.39 is 0 Å². The minimum Gasteiger partial charge on any atom is -0.493 e. The van der Waals surface area contributed by atoms with Gasteiger partial charge < -0.3 is 19.8 Å². The highest BCUT2D eigenvalue weighted by molar-refractivity contribution is 8.00. The monoisotopic (exact) mass is 465 g/mol. The summed E-state index contributed by atoms with van der Waals surface area (Å²) in [6.45, 7) is 5.87. The van der Waals surface area contributed by atoms with Gasteiger partial charge in [0.2, 0.25) is 5.91 Å². The van der Waals surface area contributed by atoms with E-state index in [1.54, 1.807) is 29.9 Å². The number of hydrogen-bond donors (Lipinski definition) is 2. The predicted molar refractivity (Wildman–Crippen MR) is 125 cm³/mol. The van der Waals surface area contributed by atoms with Gasteiger partial charge in [-0.2, -0.15) is 9.78 Å². The third-order valence-corrected chi connectivity index (χ3v) is 6.53. The molecule has 11 heteroatoms. The Kier molecular flexibility index (Phi) is 5.41. The summed E-state index contributed by atoms with van der Waals surface area (Å²) in [5.74, 6) is 2.63. The van der Waals surface area contributed by atoms with Crippen LogP contribution in [0, 0.1) is 6.92 Å². The largest absolute Gasteiger partial charge is 0.493 e. The van der Waals surface area contributed by atoms with Crippen LogP contribution in [-0.2, 0) is 4.79 Å². The van der Waals surface area contributed by atoms with Crippen molar-refractivity contribution in [1.29, 1.82) is 0 Å². The first kappa shape index (κ1) is 21.3. The van der Waals surface area contributed by atoms with Crippen LogP contribution in [-0.4, -0.2) is 54.6 Å². The van der Waals surface area contributed by atoms with E-state index in [9.17, 15) is 4.79 Å². The maximum absolute atomic E-state index is 12.7. The fourth-order valence-electron chi connectivity index (χ4n) is 3.91. The summed E-state index contributed by atoms with van der Waals surface area (Å²) in [4.78, 5) is 28.5. The third-order valence-electron chi connectivity index (χ3n) is 5.26. The van der Waals surface area contributed by atoms with Gasteiger partial charge in [-0.05, 0) is 38.5 Å². The van der Waals surface area contributed by atoms with E-state index in [2.05, 4.69) is 25.3 Å². The minimum atomic E-state index is -0.145. The molecule has 0 spiro atoms. The number of fused-ring (bicyclic) bond motifs is 2. The molecule has 170 valence electrons. The van der Waals surface area contributed by atoms with Gasteiger partial charge in [-0.15, -0.1) is 11.8 Å². The van der Waals surface area contributed by atoms with Crippen molar-refractivity contribution < 1.29 is 14.3 Å². The Bertz CT molecular complexity index is 1350. The summed E-state index contributed by atoms with van der Waals surface area (Å²) in [7, 11) is 1.62. The quantitative estimate of drug-likeness (QED) is 0.460. The maximum Gasteiger partial charge on any atom is 0.235 e. The van der Waals surface area contributed by atoms with Crippen molar-refractivity contribution in [2.45, 2.75) is 32.1 Å². The standard InChI is InChI=1S/C22H23N7O3S/c1-11(2)32-14-6-5-13(7-15(14)31-4)19-17-12(3)28-29(21(17)27-16(30)8-33-19)22-18-20(24-9-23-18)25-10-26-22/h5-7,9-11,19H,8H2,1-4H3,(H,27,30)(H,23,24,25,26)/t19-/m0/s1. The highest BCUT2D eigenvalue weighted by atomic mass is 32.2. The van der Waals surface area contributed by atoms with E-state index in [1.807, 2.05) is 39.0 Å². The number of hydrogen-bond acceptors (Lipinski definition) is 8. The number of imidazole rings is 1. The lowest BCUT2D eigenvalue weighted by atomic mass is 10.0. The van der Waals surface area contributed by atoms with Crippen molar-refractivity contribution >= 4 is 34.7 Å². The van der Waals surface area contributed by atoms with Gasteiger partial charge in [0.05, 0.1) is 36.2 Å². The second-order valence-electron chi connectivity index (χ2n) is 7.87. The minimum absolute atomic E-state index is 0.0260. The van der Waals surface area contributed by atoms with Crippen LogP contribution in [0.1, 0.15) is 35.9 Å². The van der Waals surface area contributed by atoms with Crippen LogP contribution >= 0.6 is 11.8 Å². The molecular weight excluding hydrogens is 442 g/mol. The molecule has 0 unspecified atom stereocenters. The predicted octanol–water partition coefficient (Wildman–Crippen LogP) is 3.42. The Morgan fingerprint density at radius 1 is 1.21 bits per heavy atom. The normalized spacial score (nSPS) is 15.9. The zero-order valence-electron chi connectivity index (χ0n) is 18.6. The second-order valence-corrected chi connectivity index (χ2v) is 8.97. The molecule has 1 aliphatic rings. The van der Waals surface area contributed by atoms with Crippen LogP contribution < -0.4 is 14.8 Å². The number of amides is 1. The number of aromatic nitrogens is 6. The lowest BCUT2D eigenvalue weighted by Crippen LogP contribution is -2.16. The highest BCUT2D eigenvalue weighted by Crippen LogP contribution is 2.45. The van der Waals surface area contributed by atoms with Gasteiger partial charge in [-0.25, -0.2) is 15.0 Å². The first-order valence-corrected chi connectivity index (χ1v) is 11.5. The average molecular weight is 466 g/mol. The van der Waals surface area contributed by atoms with Crippen molar-refractivity contribution in [1.82, 2.24) is 29.7 Å². The Balaban J connectivity index is 1.65. The fraction of sp³-hybridized carbons (Fsp3) is 0.318. The molecule has 1 atom stereocenters. The molecule has 0 radical (unpaired) electrons. The summed E-state index contributed by atoms with van der Waals surface area (Å²) in [6.07, 6.45) is 3.02. The van der Waals surface area contributed by atoms with E-state index >= 15 is 0 Å². The molecule has 5 rings (SSSR count). The molecular formula is C22H23N7O3S. The van der Waals surface area contributed by atoms with E-state index in [0.717, 1.165) is 16.8 Å². The summed E-state index contributed by atoms with van der Waals surface area (Å²) in [5.41, 5.74) is 3.86. The summed E-state index contributed by atoms with van der Waals surface area (Å²) >= 11 is 1.54. The summed E-state index contributed by atoms with van der Waals surface area (Å²) in [6, 6.07) is 5.88. The Morgan fingerprint density at radius 3 is 2.85 bits per heavy atom.